The second-order valence-electron chi connectivity index (χ2n) is 7.01. The molecule has 0 bridgehead atoms. The maximum Gasteiger partial charge on any atom is 1.00 e. The summed E-state index contributed by atoms with van der Waals surface area (Å²) in [6, 6.07) is 0. The summed E-state index contributed by atoms with van der Waals surface area (Å²) < 4.78 is 14.3. The molecule has 9 heteroatoms. The van der Waals surface area contributed by atoms with Crippen molar-refractivity contribution in [2.24, 2.45) is 0 Å². The van der Waals surface area contributed by atoms with Crippen LogP contribution in [0.5, 0.6) is 0 Å². The molecule has 0 aliphatic carbocycles. The first-order chi connectivity index (χ1) is 12.4. The zero-order chi connectivity index (χ0) is 19.9. The molecular weight excluding hydrogens is 468 g/mol. The minimum absolute atomic E-state index is 0. The summed E-state index contributed by atoms with van der Waals surface area (Å²) in [5.41, 5.74) is 0. The first kappa shape index (κ1) is 44.0. The predicted molar refractivity (Wildman–Crippen MR) is 104 cm³/mol. The van der Waals surface area contributed by atoms with Crippen molar-refractivity contribution in [2.45, 2.75) is 117 Å². The van der Waals surface area contributed by atoms with E-state index >= 15 is 0 Å². The van der Waals surface area contributed by atoms with Crippen LogP contribution >= 0.6 is 7.82 Å². The van der Waals surface area contributed by atoms with Gasteiger partial charge in [-0.15, -0.1) is 0 Å². The molecule has 0 fully saturated rings. The van der Waals surface area contributed by atoms with Crippen molar-refractivity contribution in [3.63, 3.8) is 0 Å². The van der Waals surface area contributed by atoms with E-state index in [0.717, 1.165) is 13.2 Å². The van der Waals surface area contributed by atoms with Gasteiger partial charge in [0.25, 0.3) is 0 Å². The fraction of sp³-hybridized carbons (Fsp3) is 1.00. The number of hydrogen-bond donors (Lipinski definition) is 0. The third-order valence-electron chi connectivity index (χ3n) is 4.28. The van der Waals surface area contributed by atoms with Gasteiger partial charge in [-0.3, -0.25) is 0 Å². The summed E-state index contributed by atoms with van der Waals surface area (Å²) in [6.45, 7) is 6.55. The van der Waals surface area contributed by atoms with Gasteiger partial charge in [0.1, 0.15) is 0 Å². The first-order valence-electron chi connectivity index (χ1n) is 10.7. The molecule has 0 aromatic carbocycles. The van der Waals surface area contributed by atoms with E-state index in [-0.39, 0.29) is 154 Å². The third kappa shape index (κ3) is 59.9. The molecule has 0 saturated carbocycles. The summed E-state index contributed by atoms with van der Waals surface area (Å²) >= 11 is 0. The van der Waals surface area contributed by atoms with Crippen molar-refractivity contribution in [1.29, 1.82) is 0 Å². The van der Waals surface area contributed by atoms with E-state index in [0.29, 0.717) is 0 Å². The van der Waals surface area contributed by atoms with Crippen LogP contribution in [0.25, 0.3) is 0 Å². The Bertz CT molecular complexity index is 282. The smallest absolute Gasteiger partial charge is 0.822 e. The van der Waals surface area contributed by atoms with Crippen LogP contribution in [-0.4, -0.2) is 13.2 Å². The van der Waals surface area contributed by atoms with Gasteiger partial charge >= 0.3 is 154 Å². The first-order valence-corrected chi connectivity index (χ1v) is 12.2. The van der Waals surface area contributed by atoms with E-state index < -0.39 is 7.82 Å². The summed E-state index contributed by atoms with van der Waals surface area (Å²) in [5, 5.41) is 0. The maximum atomic E-state index is 8.55. The maximum absolute atomic E-state index is 8.55. The molecule has 0 radical (unpaired) electrons. The Morgan fingerprint density at radius 1 is 0.517 bits per heavy atom. The zero-order valence-corrected chi connectivity index (χ0v) is 30.5. The monoisotopic (exact) mass is 510 g/mol. The van der Waals surface area contributed by atoms with Crippen LogP contribution in [0, 0.1) is 0 Å². The van der Waals surface area contributed by atoms with E-state index in [1.54, 1.807) is 0 Å². The van der Waals surface area contributed by atoms with Crippen molar-refractivity contribution >= 4 is 7.82 Å². The second kappa shape index (κ2) is 37.5. The summed E-state index contributed by atoms with van der Waals surface area (Å²) in [4.78, 5) is 25.6. The molecule has 0 aromatic heterocycles. The van der Waals surface area contributed by atoms with Gasteiger partial charge in [0.15, 0.2) is 0 Å². The Hall–Kier alpha value is 4.98. The molecule has 0 spiro atoms. The summed E-state index contributed by atoms with van der Waals surface area (Å²) in [7, 11) is -5.39. The number of hydrogen-bond acceptors (Lipinski definition) is 5. The van der Waals surface area contributed by atoms with Crippen LogP contribution in [0.15, 0.2) is 0 Å². The Morgan fingerprint density at radius 2 is 0.724 bits per heavy atom. The zero-order valence-electron chi connectivity index (χ0n) is 20.2. The number of phosphoric acid groups is 1. The minimum Gasteiger partial charge on any atom is -0.822 e. The van der Waals surface area contributed by atoms with Crippen LogP contribution in [0.2, 0.25) is 0 Å². The molecule has 160 valence electrons. The standard InChI is InChI=1S/C20H42O.3K.H3O4P/c1-3-5-7-9-11-13-15-17-19-21-20-18-16-14-12-10-8-6-4-2;;;;1-5(2,3)4/h3-20H2,1-2H3;;;;(H3,1,2,3,4)/q;3*+1;/p-3. The molecule has 0 N–H and O–H groups in total. The largest absolute Gasteiger partial charge is 1.00 e. The Balaban J connectivity index is -0.000000213. The number of unbranched alkanes of at least 4 members (excludes halogenated alkanes) is 14. The van der Waals surface area contributed by atoms with Crippen molar-refractivity contribution in [3.8, 4) is 0 Å². The average Bonchev–Trinajstić information content (AvgIpc) is 2.56. The molecule has 0 unspecified atom stereocenters. The quantitative estimate of drug-likeness (QED) is 0.105. The van der Waals surface area contributed by atoms with Gasteiger partial charge in [-0.1, -0.05) is 104 Å². The number of rotatable bonds is 18. The SMILES string of the molecule is CCCCCCCCCCOCCCCCCCCCC.O=P([O-])([O-])[O-].[K+].[K+].[K+]. The van der Waals surface area contributed by atoms with E-state index in [2.05, 4.69) is 13.8 Å². The topological polar surface area (TPSA) is 95.5 Å². The molecule has 0 heterocycles. The average molecular weight is 511 g/mol. The van der Waals surface area contributed by atoms with Crippen LogP contribution < -0.4 is 169 Å². The fourth-order valence-corrected chi connectivity index (χ4v) is 2.78. The van der Waals surface area contributed by atoms with Gasteiger partial charge in [0, 0.05) is 13.2 Å². The molecule has 5 nitrogen and oxygen atoms in total. The predicted octanol–water partition coefficient (Wildman–Crippen LogP) is -4.53. The molecule has 0 atom stereocenters. The number of ether oxygens (including phenoxy) is 1. The van der Waals surface area contributed by atoms with Crippen LogP contribution in [0.4, 0.5) is 0 Å². The third-order valence-corrected chi connectivity index (χ3v) is 4.28. The van der Waals surface area contributed by atoms with Crippen molar-refractivity contribution < 1.29 is 178 Å². The Labute approximate surface area is 308 Å². The van der Waals surface area contributed by atoms with Gasteiger partial charge in [0.2, 0.25) is 0 Å². The van der Waals surface area contributed by atoms with Gasteiger partial charge < -0.3 is 24.0 Å². The molecule has 0 saturated heterocycles. The molecular formula is C20H42K3O5P. The second-order valence-corrected chi connectivity index (χ2v) is 7.90. The van der Waals surface area contributed by atoms with Crippen molar-refractivity contribution in [2.75, 3.05) is 13.2 Å². The van der Waals surface area contributed by atoms with E-state index in [1.807, 2.05) is 0 Å². The van der Waals surface area contributed by atoms with E-state index in [9.17, 15) is 0 Å². The Kier molecular flexibility index (Phi) is 56.9. The van der Waals surface area contributed by atoms with E-state index in [4.69, 9.17) is 24.0 Å². The fourth-order valence-electron chi connectivity index (χ4n) is 2.78. The van der Waals surface area contributed by atoms with Gasteiger partial charge in [-0.25, -0.2) is 0 Å². The molecule has 0 aromatic rings. The van der Waals surface area contributed by atoms with Crippen LogP contribution in [0.1, 0.15) is 117 Å². The van der Waals surface area contributed by atoms with Crippen molar-refractivity contribution in [3.05, 3.63) is 0 Å². The summed E-state index contributed by atoms with van der Waals surface area (Å²) in [6.07, 6.45) is 22.2. The molecule has 0 aliphatic heterocycles. The minimum atomic E-state index is -5.39. The Morgan fingerprint density at radius 3 is 0.966 bits per heavy atom. The summed E-state index contributed by atoms with van der Waals surface area (Å²) in [5.74, 6) is 0. The van der Waals surface area contributed by atoms with Gasteiger partial charge in [-0.05, 0) is 12.8 Å². The van der Waals surface area contributed by atoms with Crippen LogP contribution in [-0.2, 0) is 9.30 Å². The van der Waals surface area contributed by atoms with Crippen molar-refractivity contribution in [1.82, 2.24) is 0 Å². The van der Waals surface area contributed by atoms with E-state index in [1.165, 1.54) is 103 Å². The molecule has 29 heavy (non-hydrogen) atoms. The molecule has 0 rings (SSSR count). The molecule has 0 amide bonds. The van der Waals surface area contributed by atoms with Gasteiger partial charge in [0.05, 0.1) is 0 Å². The van der Waals surface area contributed by atoms with Gasteiger partial charge in [-0.2, -0.15) is 7.82 Å². The molecule has 0 aliphatic rings. The normalized spacial score (nSPS) is 10.1. The van der Waals surface area contributed by atoms with Crippen LogP contribution in [0.3, 0.4) is 0 Å².